The first-order chi connectivity index (χ1) is 8.66. The van der Waals surface area contributed by atoms with Crippen LogP contribution >= 0.6 is 23.1 Å². The van der Waals surface area contributed by atoms with Crippen LogP contribution in [0.1, 0.15) is 11.3 Å². The largest absolute Gasteiger partial charge is 0.487 e. The number of aromatic nitrogens is 2. The number of carboxylic acids is 1. The van der Waals surface area contributed by atoms with Crippen LogP contribution < -0.4 is 4.74 Å². The first-order valence-electron chi connectivity index (χ1n) is 5.06. The normalized spacial score (nSPS) is 10.3. The third-order valence-corrected chi connectivity index (χ3v) is 3.17. The monoisotopic (exact) mass is 284 g/mol. The van der Waals surface area contributed by atoms with Crippen molar-refractivity contribution < 1.29 is 14.6 Å². The molecule has 1 N–H and O–H groups in total. The molecule has 0 bridgehead atoms. The molecule has 0 spiro atoms. The van der Waals surface area contributed by atoms with E-state index in [1.165, 1.54) is 0 Å². The summed E-state index contributed by atoms with van der Waals surface area (Å²) in [6.45, 7) is 0.173. The van der Waals surface area contributed by atoms with Crippen molar-refractivity contribution in [3.05, 3.63) is 39.9 Å². The summed E-state index contributed by atoms with van der Waals surface area (Å²) in [6.07, 6.45) is -0.0841. The molecule has 94 valence electrons. The van der Waals surface area contributed by atoms with E-state index in [9.17, 15) is 4.79 Å². The predicted molar refractivity (Wildman–Crippen MR) is 67.0 cm³/mol. The molecule has 0 aliphatic heterocycles. The van der Waals surface area contributed by atoms with Gasteiger partial charge in [-0.25, -0.2) is 0 Å². The Bertz CT molecular complexity index is 559. The van der Waals surface area contributed by atoms with Gasteiger partial charge in [0, 0.05) is 17.1 Å². The van der Waals surface area contributed by atoms with Crippen molar-refractivity contribution in [2.75, 3.05) is 0 Å². The van der Waals surface area contributed by atoms with Crippen LogP contribution in [0.3, 0.4) is 0 Å². The van der Waals surface area contributed by atoms with E-state index >= 15 is 0 Å². The summed E-state index contributed by atoms with van der Waals surface area (Å²) < 4.78 is 9.69. The molecule has 18 heavy (non-hydrogen) atoms. The van der Waals surface area contributed by atoms with Gasteiger partial charge in [0.1, 0.15) is 22.4 Å². The number of benzene rings is 1. The van der Waals surface area contributed by atoms with Crippen molar-refractivity contribution in [3.63, 3.8) is 0 Å². The molecule has 7 heteroatoms. The molecule has 0 fully saturated rings. The van der Waals surface area contributed by atoms with Crippen molar-refractivity contribution in [2.45, 2.75) is 13.0 Å². The third-order valence-electron chi connectivity index (χ3n) is 2.19. The van der Waals surface area contributed by atoms with E-state index in [1.54, 1.807) is 24.3 Å². The van der Waals surface area contributed by atoms with Gasteiger partial charge in [0.25, 0.3) is 0 Å². The molecular formula is C11H9ClN2O3S. The molecule has 5 nitrogen and oxygen atoms in total. The van der Waals surface area contributed by atoms with Gasteiger partial charge in [-0.2, -0.15) is 0 Å². The Hall–Kier alpha value is -1.66. The van der Waals surface area contributed by atoms with Crippen LogP contribution in [0, 0.1) is 0 Å². The summed E-state index contributed by atoms with van der Waals surface area (Å²) in [5.74, 6) is -0.386. The van der Waals surface area contributed by atoms with Gasteiger partial charge in [-0.3, -0.25) is 4.79 Å². The number of aliphatic carboxylic acids is 1. The molecule has 1 aromatic carbocycles. The Kier molecular flexibility index (Phi) is 4.11. The lowest BCUT2D eigenvalue weighted by Crippen LogP contribution is -2.04. The summed E-state index contributed by atoms with van der Waals surface area (Å²) in [4.78, 5) is 10.7. The SMILES string of the molecule is O=C(O)Cc1ccccc1OCc1nnsc1Cl. The highest BCUT2D eigenvalue weighted by Crippen LogP contribution is 2.22. The van der Waals surface area contributed by atoms with Gasteiger partial charge < -0.3 is 9.84 Å². The van der Waals surface area contributed by atoms with Crippen molar-refractivity contribution >= 4 is 29.1 Å². The number of para-hydroxylation sites is 1. The van der Waals surface area contributed by atoms with Crippen LogP contribution in [0.4, 0.5) is 0 Å². The minimum Gasteiger partial charge on any atom is -0.487 e. The molecule has 0 unspecified atom stereocenters. The molecule has 2 rings (SSSR count). The summed E-state index contributed by atoms with van der Waals surface area (Å²) in [7, 11) is 0. The lowest BCUT2D eigenvalue weighted by molar-refractivity contribution is -0.136. The van der Waals surface area contributed by atoms with Gasteiger partial charge in [-0.1, -0.05) is 34.3 Å². The molecule has 0 radical (unpaired) electrons. The maximum atomic E-state index is 10.7. The fraction of sp³-hybridized carbons (Fsp3) is 0.182. The van der Waals surface area contributed by atoms with Crippen LogP contribution in [0.2, 0.25) is 4.34 Å². The first kappa shape index (κ1) is 12.8. The van der Waals surface area contributed by atoms with Crippen molar-refractivity contribution in [1.82, 2.24) is 9.59 Å². The van der Waals surface area contributed by atoms with Crippen molar-refractivity contribution in [2.24, 2.45) is 0 Å². The summed E-state index contributed by atoms with van der Waals surface area (Å²) in [5.41, 5.74) is 1.16. The zero-order chi connectivity index (χ0) is 13.0. The molecule has 0 atom stereocenters. The Morgan fingerprint density at radius 1 is 1.44 bits per heavy atom. The number of halogens is 1. The number of ether oxygens (including phenoxy) is 1. The van der Waals surface area contributed by atoms with Crippen LogP contribution in [-0.2, 0) is 17.8 Å². The number of rotatable bonds is 5. The van der Waals surface area contributed by atoms with E-state index < -0.39 is 5.97 Å². The van der Waals surface area contributed by atoms with Crippen LogP contribution in [0.25, 0.3) is 0 Å². The molecule has 2 aromatic rings. The predicted octanol–water partition coefficient (Wildman–Crippen LogP) is 2.40. The van der Waals surface area contributed by atoms with Crippen molar-refractivity contribution in [1.29, 1.82) is 0 Å². The lowest BCUT2D eigenvalue weighted by Gasteiger charge is -2.08. The van der Waals surface area contributed by atoms with Gasteiger partial charge in [-0.15, -0.1) is 5.10 Å². The van der Waals surface area contributed by atoms with Gasteiger partial charge in [0.2, 0.25) is 0 Å². The highest BCUT2D eigenvalue weighted by molar-refractivity contribution is 7.10. The zero-order valence-electron chi connectivity index (χ0n) is 9.17. The Balaban J connectivity index is 2.09. The first-order valence-corrected chi connectivity index (χ1v) is 6.21. The summed E-state index contributed by atoms with van der Waals surface area (Å²) in [5, 5.41) is 12.6. The highest BCUT2D eigenvalue weighted by Gasteiger charge is 2.10. The Labute approximate surface area is 112 Å². The molecule has 0 saturated carbocycles. The fourth-order valence-corrected chi connectivity index (χ4v) is 1.98. The molecule has 0 aliphatic carbocycles. The van der Waals surface area contributed by atoms with Gasteiger partial charge in [0.05, 0.1) is 6.42 Å². The zero-order valence-corrected chi connectivity index (χ0v) is 10.7. The maximum Gasteiger partial charge on any atom is 0.307 e. The molecule has 0 aliphatic rings. The van der Waals surface area contributed by atoms with Crippen molar-refractivity contribution in [3.8, 4) is 5.75 Å². The molecule has 1 heterocycles. The minimum atomic E-state index is -0.903. The second-order valence-corrected chi connectivity index (χ2v) is 4.82. The molecule has 0 saturated heterocycles. The Morgan fingerprint density at radius 3 is 2.89 bits per heavy atom. The van der Waals surface area contributed by atoms with E-state index in [1.807, 2.05) is 0 Å². The topological polar surface area (TPSA) is 72.3 Å². The quantitative estimate of drug-likeness (QED) is 0.913. The standard InChI is InChI=1S/C11H9ClN2O3S/c12-11-8(13-14-18-11)6-17-9-4-2-1-3-7(9)5-10(15)16/h1-4H,5-6H2,(H,15,16). The van der Waals surface area contributed by atoms with Crippen LogP contribution in [0.5, 0.6) is 5.75 Å². The van der Waals surface area contributed by atoms with Gasteiger partial charge in [0.15, 0.2) is 0 Å². The number of hydrogen-bond acceptors (Lipinski definition) is 5. The average Bonchev–Trinajstić information content (AvgIpc) is 2.73. The Morgan fingerprint density at radius 2 is 2.22 bits per heavy atom. The third kappa shape index (κ3) is 3.18. The molecular weight excluding hydrogens is 276 g/mol. The van der Waals surface area contributed by atoms with Crippen LogP contribution in [-0.4, -0.2) is 20.7 Å². The minimum absolute atomic E-state index is 0.0841. The number of hydrogen-bond donors (Lipinski definition) is 1. The van der Waals surface area contributed by atoms with E-state index in [2.05, 4.69) is 9.59 Å². The van der Waals surface area contributed by atoms with E-state index in [-0.39, 0.29) is 13.0 Å². The van der Waals surface area contributed by atoms with E-state index in [4.69, 9.17) is 21.4 Å². The molecule has 0 amide bonds. The molecule has 1 aromatic heterocycles. The second kappa shape index (κ2) is 5.79. The van der Waals surface area contributed by atoms with Gasteiger partial charge >= 0.3 is 5.97 Å². The van der Waals surface area contributed by atoms with Crippen LogP contribution in [0.15, 0.2) is 24.3 Å². The number of carbonyl (C=O) groups is 1. The number of carboxylic acid groups (broad SMARTS) is 1. The second-order valence-electron chi connectivity index (χ2n) is 3.46. The fourth-order valence-electron chi connectivity index (χ4n) is 1.38. The highest BCUT2D eigenvalue weighted by atomic mass is 35.5. The lowest BCUT2D eigenvalue weighted by atomic mass is 10.1. The summed E-state index contributed by atoms with van der Waals surface area (Å²) in [6, 6.07) is 6.97. The number of nitrogens with zero attached hydrogens (tertiary/aromatic N) is 2. The average molecular weight is 285 g/mol. The van der Waals surface area contributed by atoms with Gasteiger partial charge in [-0.05, 0) is 6.07 Å². The summed E-state index contributed by atoms with van der Waals surface area (Å²) >= 11 is 6.93. The smallest absolute Gasteiger partial charge is 0.307 e. The van der Waals surface area contributed by atoms with E-state index in [0.29, 0.717) is 21.3 Å². The maximum absolute atomic E-state index is 10.7. The van der Waals surface area contributed by atoms with E-state index in [0.717, 1.165) is 11.5 Å².